The molecule has 0 saturated carbocycles. The number of ether oxygens (including phenoxy) is 3. The predicted octanol–water partition coefficient (Wildman–Crippen LogP) is 5.31. The van der Waals surface area contributed by atoms with Gasteiger partial charge in [-0.15, -0.1) is 0 Å². The van der Waals surface area contributed by atoms with Gasteiger partial charge in [-0.25, -0.2) is 9.78 Å². The van der Waals surface area contributed by atoms with E-state index in [4.69, 9.17) is 25.8 Å². The first-order valence-electron chi connectivity index (χ1n) is 11.0. The molecule has 0 bridgehead atoms. The molecule has 8 nitrogen and oxygen atoms in total. The van der Waals surface area contributed by atoms with Crippen LogP contribution in [-0.4, -0.2) is 26.6 Å². The highest BCUT2D eigenvalue weighted by atomic mass is 35.5. The molecule has 5 rings (SSSR count). The summed E-state index contributed by atoms with van der Waals surface area (Å²) in [7, 11) is 1.60. The Labute approximate surface area is 213 Å². The standard InChI is InChI=1S/C25H18ClF3N4O4/c1-35-16-4-5-18-14(8-16)6-7-33-21(18)10-23(32-24(33)34)36-13-15-2-3-17(11-30-15)37-22-9-19(25(27,28)29)20(26)12-31-22/h2-5,8-12H,6-7,13H2,1H3. The molecule has 1 aliphatic heterocycles. The second-order valence-electron chi connectivity index (χ2n) is 8.06. The second-order valence-corrected chi connectivity index (χ2v) is 8.47. The Kier molecular flexibility index (Phi) is 6.46. The average Bonchev–Trinajstić information content (AvgIpc) is 2.88. The van der Waals surface area contributed by atoms with Gasteiger partial charge in [-0.1, -0.05) is 11.6 Å². The molecule has 0 aliphatic carbocycles. The van der Waals surface area contributed by atoms with E-state index >= 15 is 0 Å². The van der Waals surface area contributed by atoms with Crippen LogP contribution in [0.15, 0.2) is 59.7 Å². The normalized spacial score (nSPS) is 12.5. The highest BCUT2D eigenvalue weighted by Crippen LogP contribution is 2.36. The third-order valence-corrected chi connectivity index (χ3v) is 6.01. The number of alkyl halides is 3. The number of aromatic nitrogens is 4. The molecule has 190 valence electrons. The summed E-state index contributed by atoms with van der Waals surface area (Å²) in [6.45, 7) is 0.501. The topological polar surface area (TPSA) is 88.4 Å². The molecule has 4 heterocycles. The second kappa shape index (κ2) is 9.74. The van der Waals surface area contributed by atoms with Crippen molar-refractivity contribution in [1.29, 1.82) is 0 Å². The van der Waals surface area contributed by atoms with E-state index in [2.05, 4.69) is 15.0 Å². The number of rotatable bonds is 6. The molecule has 0 atom stereocenters. The minimum atomic E-state index is -4.64. The molecule has 0 fully saturated rings. The van der Waals surface area contributed by atoms with E-state index < -0.39 is 22.5 Å². The van der Waals surface area contributed by atoms with E-state index in [-0.39, 0.29) is 24.1 Å². The maximum atomic E-state index is 13.0. The lowest BCUT2D eigenvalue weighted by Crippen LogP contribution is -2.28. The van der Waals surface area contributed by atoms with Crippen LogP contribution in [0.25, 0.3) is 11.3 Å². The Hall–Kier alpha value is -4.12. The van der Waals surface area contributed by atoms with Crippen molar-refractivity contribution in [3.8, 4) is 34.5 Å². The number of pyridine rings is 2. The molecule has 0 amide bonds. The third kappa shape index (κ3) is 5.21. The Bertz CT molecular complexity index is 1520. The van der Waals surface area contributed by atoms with Crippen molar-refractivity contribution in [1.82, 2.24) is 19.5 Å². The molecular formula is C25H18ClF3N4O4. The summed E-state index contributed by atoms with van der Waals surface area (Å²) in [5, 5.41) is -0.524. The number of halogens is 4. The summed E-state index contributed by atoms with van der Waals surface area (Å²) in [5.74, 6) is 0.779. The zero-order valence-electron chi connectivity index (χ0n) is 19.3. The monoisotopic (exact) mass is 530 g/mol. The predicted molar refractivity (Wildman–Crippen MR) is 127 cm³/mol. The van der Waals surface area contributed by atoms with Crippen LogP contribution in [0.1, 0.15) is 16.8 Å². The van der Waals surface area contributed by atoms with Crippen LogP contribution in [0, 0.1) is 0 Å². The van der Waals surface area contributed by atoms with Gasteiger partial charge < -0.3 is 14.2 Å². The van der Waals surface area contributed by atoms with Gasteiger partial charge in [0.05, 0.1) is 41.5 Å². The SMILES string of the molecule is COc1ccc2c(c1)CCn1c-2cc(OCc2ccc(Oc3cc(C(F)(F)F)c(Cl)cn3)cn2)nc1=O. The zero-order valence-corrected chi connectivity index (χ0v) is 20.0. The van der Waals surface area contributed by atoms with Crippen molar-refractivity contribution in [2.24, 2.45) is 0 Å². The maximum Gasteiger partial charge on any atom is 0.418 e. The molecule has 0 spiro atoms. The number of methoxy groups -OCH3 is 1. The molecule has 3 aromatic heterocycles. The highest BCUT2D eigenvalue weighted by Gasteiger charge is 2.34. The molecule has 0 unspecified atom stereocenters. The number of hydrogen-bond donors (Lipinski definition) is 0. The largest absolute Gasteiger partial charge is 0.497 e. The van der Waals surface area contributed by atoms with Crippen LogP contribution in [0.5, 0.6) is 23.3 Å². The molecule has 0 radical (unpaired) electrons. The van der Waals surface area contributed by atoms with E-state index in [1.807, 2.05) is 18.2 Å². The van der Waals surface area contributed by atoms with Gasteiger partial charge in [0.25, 0.3) is 0 Å². The van der Waals surface area contributed by atoms with Gasteiger partial charge in [0, 0.05) is 24.2 Å². The van der Waals surface area contributed by atoms with Crippen molar-refractivity contribution in [2.75, 3.05) is 7.11 Å². The van der Waals surface area contributed by atoms with Crippen molar-refractivity contribution in [2.45, 2.75) is 25.7 Å². The number of fused-ring (bicyclic) bond motifs is 3. The fourth-order valence-electron chi connectivity index (χ4n) is 3.90. The fraction of sp³-hybridized carbons (Fsp3) is 0.200. The van der Waals surface area contributed by atoms with Crippen LogP contribution in [0.4, 0.5) is 13.2 Å². The van der Waals surface area contributed by atoms with Crippen molar-refractivity contribution in [3.63, 3.8) is 0 Å². The van der Waals surface area contributed by atoms with Crippen LogP contribution < -0.4 is 19.9 Å². The Balaban J connectivity index is 1.29. The lowest BCUT2D eigenvalue weighted by atomic mass is 9.97. The highest BCUT2D eigenvalue weighted by molar-refractivity contribution is 6.31. The quantitative estimate of drug-likeness (QED) is 0.334. The Morgan fingerprint density at radius 2 is 1.84 bits per heavy atom. The van der Waals surface area contributed by atoms with E-state index in [1.165, 1.54) is 12.3 Å². The smallest absolute Gasteiger partial charge is 0.418 e. The van der Waals surface area contributed by atoms with Crippen molar-refractivity contribution in [3.05, 3.63) is 87.2 Å². The molecule has 0 saturated heterocycles. The summed E-state index contributed by atoms with van der Waals surface area (Å²) in [6.07, 6.45) is -1.76. The average molecular weight is 531 g/mol. The molecule has 1 aromatic carbocycles. The first-order valence-corrected chi connectivity index (χ1v) is 11.4. The number of nitrogens with zero attached hydrogens (tertiary/aromatic N) is 4. The van der Waals surface area contributed by atoms with Crippen LogP contribution in [0.2, 0.25) is 5.02 Å². The van der Waals surface area contributed by atoms with Gasteiger partial charge in [-0.3, -0.25) is 9.55 Å². The van der Waals surface area contributed by atoms with Crippen LogP contribution in [-0.2, 0) is 25.7 Å². The summed E-state index contributed by atoms with van der Waals surface area (Å²) in [5.41, 5.74) is 1.68. The molecule has 37 heavy (non-hydrogen) atoms. The molecule has 12 heteroatoms. The van der Waals surface area contributed by atoms with E-state index in [0.717, 1.165) is 23.1 Å². The third-order valence-electron chi connectivity index (χ3n) is 5.70. The number of aryl methyl sites for hydroxylation is 1. The van der Waals surface area contributed by atoms with Crippen LogP contribution in [0.3, 0.4) is 0 Å². The maximum absolute atomic E-state index is 13.0. The van der Waals surface area contributed by atoms with Gasteiger partial charge in [-0.05, 0) is 42.3 Å². The Morgan fingerprint density at radius 1 is 1.03 bits per heavy atom. The van der Waals surface area contributed by atoms with Gasteiger partial charge in [-0.2, -0.15) is 18.2 Å². The van der Waals surface area contributed by atoms with Gasteiger partial charge in [0.1, 0.15) is 18.1 Å². The summed E-state index contributed by atoms with van der Waals surface area (Å²) in [4.78, 5) is 24.6. The van der Waals surface area contributed by atoms with Crippen molar-refractivity contribution >= 4 is 11.6 Å². The first kappa shape index (κ1) is 24.6. The summed E-state index contributed by atoms with van der Waals surface area (Å²) in [6, 6.07) is 11.2. The minimum Gasteiger partial charge on any atom is -0.497 e. The van der Waals surface area contributed by atoms with E-state index in [9.17, 15) is 18.0 Å². The van der Waals surface area contributed by atoms with Crippen LogP contribution >= 0.6 is 11.6 Å². The molecule has 1 aliphatic rings. The first-order chi connectivity index (χ1) is 17.7. The fourth-order valence-corrected chi connectivity index (χ4v) is 4.11. The lowest BCUT2D eigenvalue weighted by molar-refractivity contribution is -0.137. The molecule has 0 N–H and O–H groups in total. The number of hydrogen-bond acceptors (Lipinski definition) is 7. The Morgan fingerprint density at radius 3 is 2.57 bits per heavy atom. The summed E-state index contributed by atoms with van der Waals surface area (Å²) < 4.78 is 57.1. The van der Waals surface area contributed by atoms with Gasteiger partial charge in [0.15, 0.2) is 0 Å². The lowest BCUT2D eigenvalue weighted by Gasteiger charge is -2.22. The zero-order chi connectivity index (χ0) is 26.2. The number of benzene rings is 1. The van der Waals surface area contributed by atoms with Crippen molar-refractivity contribution < 1.29 is 27.4 Å². The van der Waals surface area contributed by atoms with Gasteiger partial charge >= 0.3 is 11.9 Å². The summed E-state index contributed by atoms with van der Waals surface area (Å²) >= 11 is 5.58. The minimum absolute atomic E-state index is 0.00304. The van der Waals surface area contributed by atoms with E-state index in [1.54, 1.807) is 23.8 Å². The van der Waals surface area contributed by atoms with Gasteiger partial charge in [0.2, 0.25) is 11.8 Å². The molecule has 4 aromatic rings. The van der Waals surface area contributed by atoms with E-state index in [0.29, 0.717) is 30.4 Å². The molecular weight excluding hydrogens is 513 g/mol.